The van der Waals surface area contributed by atoms with E-state index in [0.717, 1.165) is 22.7 Å². The highest BCUT2D eigenvalue weighted by atomic mass is 15.0. The van der Waals surface area contributed by atoms with Gasteiger partial charge in [0.2, 0.25) is 0 Å². The molecule has 10 aromatic carbocycles. The highest BCUT2D eigenvalue weighted by molar-refractivity contribution is 6.14. The molecule has 0 amide bonds. The number of benzene rings is 10. The van der Waals surface area contributed by atoms with E-state index in [1.54, 1.807) is 0 Å². The van der Waals surface area contributed by atoms with Gasteiger partial charge < -0.3 is 18.3 Å². The Morgan fingerprint density at radius 2 is 0.438 bits per heavy atom. The van der Waals surface area contributed by atoms with Gasteiger partial charge in [0.1, 0.15) is 0 Å². The molecule has 298 valence electrons. The summed E-state index contributed by atoms with van der Waals surface area (Å²) in [5.74, 6) is 0. The molecule has 4 heteroatoms. The molecule has 4 heterocycles. The van der Waals surface area contributed by atoms with Crippen LogP contribution >= 0.6 is 0 Å². The van der Waals surface area contributed by atoms with E-state index in [4.69, 9.17) is 0 Å². The van der Waals surface area contributed by atoms with Gasteiger partial charge in [0.25, 0.3) is 0 Å². The van der Waals surface area contributed by atoms with Crippen molar-refractivity contribution >= 4 is 87.2 Å². The molecule has 0 aliphatic carbocycles. The van der Waals surface area contributed by atoms with Crippen LogP contribution in [0.4, 0.5) is 0 Å². The molecule has 14 aromatic rings. The van der Waals surface area contributed by atoms with Gasteiger partial charge in [-0.3, -0.25) is 0 Å². The maximum Gasteiger partial charge on any atom is 0.0542 e. The SMILES string of the molecule is c1ccc(-n2c3ccccc3c3cc(-n4c5ccccc5c5ccccc54)ccc32)c(-c2ccccc2-n2c3ccccc3c3cc(-n4c5ccccc5c5ccccc54)ccc32)c1. The van der Waals surface area contributed by atoms with E-state index < -0.39 is 0 Å². The normalized spacial score (nSPS) is 12.1. The lowest BCUT2D eigenvalue weighted by Crippen LogP contribution is -2.01. The van der Waals surface area contributed by atoms with Crippen LogP contribution in [0.1, 0.15) is 0 Å². The van der Waals surface area contributed by atoms with Crippen LogP contribution < -0.4 is 0 Å². The fraction of sp³-hybridized carbons (Fsp3) is 0. The van der Waals surface area contributed by atoms with Crippen molar-refractivity contribution in [3.63, 3.8) is 0 Å². The van der Waals surface area contributed by atoms with E-state index in [9.17, 15) is 0 Å². The lowest BCUT2D eigenvalue weighted by atomic mass is 10.0. The lowest BCUT2D eigenvalue weighted by molar-refractivity contribution is 1.15. The van der Waals surface area contributed by atoms with Gasteiger partial charge in [-0.05, 0) is 84.9 Å². The Kier molecular flexibility index (Phi) is 7.36. The molecule has 4 aromatic heterocycles. The lowest BCUT2D eigenvalue weighted by Gasteiger charge is -2.18. The first-order valence-electron chi connectivity index (χ1n) is 22.0. The average molecular weight is 815 g/mol. The van der Waals surface area contributed by atoms with E-state index in [-0.39, 0.29) is 0 Å². The molecule has 64 heavy (non-hydrogen) atoms. The molecule has 0 aliphatic rings. The molecule has 0 radical (unpaired) electrons. The van der Waals surface area contributed by atoms with Crippen molar-refractivity contribution in [2.45, 2.75) is 0 Å². The summed E-state index contributed by atoms with van der Waals surface area (Å²) in [5, 5.41) is 9.95. The van der Waals surface area contributed by atoms with Gasteiger partial charge in [-0.2, -0.15) is 0 Å². The van der Waals surface area contributed by atoms with Gasteiger partial charge in [-0.15, -0.1) is 0 Å². The summed E-state index contributed by atoms with van der Waals surface area (Å²) < 4.78 is 9.77. The van der Waals surface area contributed by atoms with Crippen LogP contribution in [-0.2, 0) is 0 Å². The smallest absolute Gasteiger partial charge is 0.0542 e. The predicted molar refractivity (Wildman–Crippen MR) is 269 cm³/mol. The minimum atomic E-state index is 1.14. The third-order valence-electron chi connectivity index (χ3n) is 13.6. The minimum absolute atomic E-state index is 1.14. The number of para-hydroxylation sites is 8. The predicted octanol–water partition coefficient (Wildman–Crippen LogP) is 15.7. The Morgan fingerprint density at radius 3 is 0.781 bits per heavy atom. The van der Waals surface area contributed by atoms with E-state index in [1.165, 1.54) is 98.4 Å². The third kappa shape index (κ3) is 4.88. The molecule has 0 fully saturated rings. The quantitative estimate of drug-likeness (QED) is 0.165. The van der Waals surface area contributed by atoms with Crippen molar-refractivity contribution in [1.29, 1.82) is 0 Å². The summed E-state index contributed by atoms with van der Waals surface area (Å²) in [6.45, 7) is 0. The fourth-order valence-corrected chi connectivity index (χ4v) is 10.9. The van der Waals surface area contributed by atoms with Crippen LogP contribution in [0.5, 0.6) is 0 Å². The summed E-state index contributed by atoms with van der Waals surface area (Å²) in [4.78, 5) is 0. The second kappa shape index (κ2) is 13.4. The zero-order valence-corrected chi connectivity index (χ0v) is 34.7. The maximum absolute atomic E-state index is 2.47. The zero-order chi connectivity index (χ0) is 41.9. The van der Waals surface area contributed by atoms with E-state index >= 15 is 0 Å². The first kappa shape index (κ1) is 35.0. The molecule has 0 N–H and O–H groups in total. The van der Waals surface area contributed by atoms with Crippen molar-refractivity contribution in [2.24, 2.45) is 0 Å². The van der Waals surface area contributed by atoms with E-state index in [2.05, 4.69) is 249 Å². The number of rotatable bonds is 5. The topological polar surface area (TPSA) is 19.7 Å². The number of fused-ring (bicyclic) bond motifs is 12. The van der Waals surface area contributed by atoms with Gasteiger partial charge in [0, 0.05) is 65.6 Å². The highest BCUT2D eigenvalue weighted by Gasteiger charge is 2.22. The fourth-order valence-electron chi connectivity index (χ4n) is 10.9. The number of hydrogen-bond donors (Lipinski definition) is 0. The summed E-state index contributed by atoms with van der Waals surface area (Å²) in [7, 11) is 0. The first-order valence-corrected chi connectivity index (χ1v) is 22.0. The molecule has 4 nitrogen and oxygen atoms in total. The molecule has 0 aliphatic heterocycles. The summed E-state index contributed by atoms with van der Waals surface area (Å²) in [5.41, 5.74) is 16.5. The number of hydrogen-bond acceptors (Lipinski definition) is 0. The molecule has 0 saturated carbocycles. The van der Waals surface area contributed by atoms with Gasteiger partial charge in [-0.25, -0.2) is 0 Å². The van der Waals surface area contributed by atoms with Gasteiger partial charge in [0.05, 0.1) is 55.5 Å². The Labute approximate surface area is 368 Å². The van der Waals surface area contributed by atoms with Crippen LogP contribution in [0.3, 0.4) is 0 Å². The third-order valence-corrected chi connectivity index (χ3v) is 13.6. The molecule has 14 rings (SSSR count). The minimum Gasteiger partial charge on any atom is -0.309 e. The second-order valence-corrected chi connectivity index (χ2v) is 16.9. The highest BCUT2D eigenvalue weighted by Crippen LogP contribution is 2.43. The van der Waals surface area contributed by atoms with Crippen molar-refractivity contribution in [3.05, 3.63) is 231 Å². The summed E-state index contributed by atoms with van der Waals surface area (Å²) >= 11 is 0. The van der Waals surface area contributed by atoms with Gasteiger partial charge in [0.15, 0.2) is 0 Å². The summed E-state index contributed by atoms with van der Waals surface area (Å²) in [6.07, 6.45) is 0. The van der Waals surface area contributed by atoms with Crippen molar-refractivity contribution < 1.29 is 0 Å². The molecular weight excluding hydrogens is 777 g/mol. The van der Waals surface area contributed by atoms with Crippen molar-refractivity contribution in [2.75, 3.05) is 0 Å². The standard InChI is InChI=1S/C60H38N4/c1-9-25-51-41(17-1)42-18-2-10-26-52(42)61(51)39-33-35-59-49(37-39)47-23-7-15-31-57(47)63(59)55-29-13-5-21-45(55)46-22-6-14-30-56(46)64-58-32-16-8-24-48(58)50-38-40(34-36-60(50)64)62-53-27-11-3-19-43(53)44-20-4-12-28-54(44)62/h1-38H. The average Bonchev–Trinajstić information content (AvgIpc) is 4.09. The Bertz CT molecular complexity index is 3830. The van der Waals surface area contributed by atoms with Crippen LogP contribution in [0.25, 0.3) is 121 Å². The largest absolute Gasteiger partial charge is 0.309 e. The Balaban J connectivity index is 0.974. The van der Waals surface area contributed by atoms with Crippen LogP contribution in [-0.4, -0.2) is 18.3 Å². The molecule has 0 bridgehead atoms. The summed E-state index contributed by atoms with van der Waals surface area (Å²) in [6, 6.07) is 84.5. The first-order chi connectivity index (χ1) is 31.8. The molecular formula is C60H38N4. The van der Waals surface area contributed by atoms with E-state index in [0.29, 0.717) is 0 Å². The Hall–Kier alpha value is -8.60. The molecule has 0 atom stereocenters. The van der Waals surface area contributed by atoms with Crippen LogP contribution in [0, 0.1) is 0 Å². The van der Waals surface area contributed by atoms with E-state index in [1.807, 2.05) is 0 Å². The monoisotopic (exact) mass is 814 g/mol. The van der Waals surface area contributed by atoms with Gasteiger partial charge >= 0.3 is 0 Å². The molecule has 0 unspecified atom stereocenters. The Morgan fingerprint density at radius 1 is 0.188 bits per heavy atom. The number of aromatic nitrogens is 4. The second-order valence-electron chi connectivity index (χ2n) is 16.9. The molecule has 0 saturated heterocycles. The van der Waals surface area contributed by atoms with Crippen LogP contribution in [0.2, 0.25) is 0 Å². The zero-order valence-electron chi connectivity index (χ0n) is 34.7. The maximum atomic E-state index is 2.47. The number of nitrogens with zero attached hydrogens (tertiary/aromatic N) is 4. The van der Waals surface area contributed by atoms with Crippen molar-refractivity contribution in [3.8, 4) is 33.9 Å². The van der Waals surface area contributed by atoms with Crippen LogP contribution in [0.15, 0.2) is 231 Å². The van der Waals surface area contributed by atoms with Crippen molar-refractivity contribution in [1.82, 2.24) is 18.3 Å². The van der Waals surface area contributed by atoms with Gasteiger partial charge in [-0.1, -0.05) is 146 Å². The molecule has 0 spiro atoms.